The number of aliphatic imine (C=N–C) groups is 1. The van der Waals surface area contributed by atoms with Crippen molar-refractivity contribution in [3.8, 4) is 22.6 Å². The molecule has 3 aromatic rings. The van der Waals surface area contributed by atoms with E-state index >= 15 is 0 Å². The van der Waals surface area contributed by atoms with Crippen molar-refractivity contribution in [3.05, 3.63) is 77.6 Å². The average molecular weight is 461 g/mol. The van der Waals surface area contributed by atoms with Gasteiger partial charge in [0.2, 0.25) is 5.95 Å². The second-order valence-corrected chi connectivity index (χ2v) is 9.32. The highest BCUT2D eigenvalue weighted by atomic mass is 32.2. The fourth-order valence-electron chi connectivity index (χ4n) is 4.70. The topological polar surface area (TPSA) is 82.6 Å². The number of hydrogen-bond donors (Lipinski definition) is 1. The number of pyridine rings is 2. The smallest absolute Gasteiger partial charge is 0.220 e. The average Bonchev–Trinajstić information content (AvgIpc) is 2.85. The molecule has 3 aliphatic heterocycles. The van der Waals surface area contributed by atoms with E-state index in [0.29, 0.717) is 28.8 Å². The van der Waals surface area contributed by atoms with Crippen LogP contribution in [0.25, 0.3) is 16.7 Å². The van der Waals surface area contributed by atoms with Crippen LogP contribution in [-0.4, -0.2) is 34.1 Å². The molecule has 0 saturated heterocycles. The minimum absolute atomic E-state index is 0.434. The van der Waals surface area contributed by atoms with Gasteiger partial charge in [-0.05, 0) is 54.3 Å². The molecular weight excluding hydrogens is 439 g/mol. The summed E-state index contributed by atoms with van der Waals surface area (Å²) in [7, 11) is 0. The van der Waals surface area contributed by atoms with E-state index in [4.69, 9.17) is 20.2 Å². The molecule has 2 aromatic heterocycles. The fourth-order valence-corrected chi connectivity index (χ4v) is 5.53. The molecule has 8 heteroatoms. The van der Waals surface area contributed by atoms with E-state index in [1.807, 2.05) is 24.3 Å². The number of rotatable bonds is 2. The Morgan fingerprint density at radius 1 is 1.09 bits per heavy atom. The molecule has 6 nitrogen and oxygen atoms in total. The van der Waals surface area contributed by atoms with E-state index in [1.54, 1.807) is 30.1 Å². The van der Waals surface area contributed by atoms with Crippen LogP contribution in [0.15, 0.2) is 59.9 Å². The summed E-state index contributed by atoms with van der Waals surface area (Å²) in [4.78, 5) is 13.4. The summed E-state index contributed by atoms with van der Waals surface area (Å²) in [5.74, 6) is 1.63. The third-order valence-electron chi connectivity index (χ3n) is 6.28. The monoisotopic (exact) mass is 460 g/mol. The Hall–Kier alpha value is -3.23. The number of aromatic nitrogens is 2. The zero-order chi connectivity index (χ0) is 22.4. The van der Waals surface area contributed by atoms with Crippen molar-refractivity contribution in [2.24, 2.45) is 10.7 Å². The molecule has 2 N–H and O–H groups in total. The van der Waals surface area contributed by atoms with Gasteiger partial charge >= 0.3 is 0 Å². The Kier molecular flexibility index (Phi) is 4.92. The Labute approximate surface area is 194 Å². The second kappa shape index (κ2) is 7.97. The van der Waals surface area contributed by atoms with Crippen LogP contribution in [0.3, 0.4) is 0 Å². The molecular formula is C25H21FN4O2S. The number of ether oxygens (including phenoxy) is 2. The van der Waals surface area contributed by atoms with Crippen LogP contribution < -0.4 is 10.5 Å². The van der Waals surface area contributed by atoms with Crippen molar-refractivity contribution < 1.29 is 13.9 Å². The number of nitrogens with two attached hydrogens (primary N) is 1. The number of amidine groups is 1. The largest absolute Gasteiger partial charge is 0.455 e. The van der Waals surface area contributed by atoms with E-state index < -0.39 is 11.5 Å². The summed E-state index contributed by atoms with van der Waals surface area (Å²) >= 11 is 1.54. The van der Waals surface area contributed by atoms with Crippen LogP contribution >= 0.6 is 11.8 Å². The molecule has 1 aromatic carbocycles. The van der Waals surface area contributed by atoms with E-state index in [0.717, 1.165) is 53.2 Å². The molecule has 3 aliphatic rings. The van der Waals surface area contributed by atoms with Crippen LogP contribution in [0.4, 0.5) is 4.39 Å². The van der Waals surface area contributed by atoms with Gasteiger partial charge in [0.25, 0.3) is 0 Å². The predicted molar refractivity (Wildman–Crippen MR) is 127 cm³/mol. The van der Waals surface area contributed by atoms with Gasteiger partial charge in [-0.1, -0.05) is 23.9 Å². The summed E-state index contributed by atoms with van der Waals surface area (Å²) < 4.78 is 26.4. The van der Waals surface area contributed by atoms with Crippen LogP contribution in [0.1, 0.15) is 29.7 Å². The van der Waals surface area contributed by atoms with Gasteiger partial charge in [0, 0.05) is 28.6 Å². The Morgan fingerprint density at radius 2 is 2.00 bits per heavy atom. The van der Waals surface area contributed by atoms with Gasteiger partial charge in [0.05, 0.1) is 25.1 Å². The molecule has 0 saturated carbocycles. The Morgan fingerprint density at radius 3 is 2.82 bits per heavy atom. The summed E-state index contributed by atoms with van der Waals surface area (Å²) in [6.07, 6.45) is 6.97. The van der Waals surface area contributed by atoms with Gasteiger partial charge in [-0.15, -0.1) is 0 Å². The number of thioether (sulfide) groups is 1. The summed E-state index contributed by atoms with van der Waals surface area (Å²) in [6, 6.07) is 11.1. The third-order valence-corrected chi connectivity index (χ3v) is 7.08. The first-order chi connectivity index (χ1) is 16.1. The lowest BCUT2D eigenvalue weighted by Gasteiger charge is -2.39. The van der Waals surface area contributed by atoms with E-state index in [-0.39, 0.29) is 0 Å². The van der Waals surface area contributed by atoms with E-state index in [9.17, 15) is 4.39 Å². The standard InChI is InChI=1S/C25H21FN4O2S/c26-23-17(4-1-8-28-23)15-5-6-21-18(11-15)25(7-10-33-24(27)30-25)19-12-20(29-13-22(19)32-21)16-3-2-9-31-14-16/h1,3-6,8,11-13H,2,7,9-10,14H2,(H2,27,30)/t25-/m1/s1. The molecule has 6 rings (SSSR count). The molecule has 0 aliphatic carbocycles. The van der Waals surface area contributed by atoms with Gasteiger partial charge < -0.3 is 15.2 Å². The molecule has 0 unspecified atom stereocenters. The maximum Gasteiger partial charge on any atom is 0.220 e. The molecule has 5 heterocycles. The molecule has 0 radical (unpaired) electrons. The predicted octanol–water partition coefficient (Wildman–Crippen LogP) is 4.89. The fraction of sp³-hybridized carbons (Fsp3) is 0.240. The zero-order valence-electron chi connectivity index (χ0n) is 17.8. The third kappa shape index (κ3) is 3.41. The first kappa shape index (κ1) is 20.4. The minimum atomic E-state index is -0.735. The normalized spacial score (nSPS) is 21.5. The molecule has 1 atom stereocenters. The molecule has 166 valence electrons. The van der Waals surface area contributed by atoms with Gasteiger partial charge in [-0.3, -0.25) is 4.98 Å². The maximum atomic E-state index is 14.5. The maximum absolute atomic E-state index is 14.5. The highest BCUT2D eigenvalue weighted by molar-refractivity contribution is 8.13. The lowest BCUT2D eigenvalue weighted by molar-refractivity contribution is 0.164. The highest BCUT2D eigenvalue weighted by Crippen LogP contribution is 2.53. The van der Waals surface area contributed by atoms with Crippen LogP contribution in [0.2, 0.25) is 0 Å². The zero-order valence-corrected chi connectivity index (χ0v) is 18.6. The van der Waals surface area contributed by atoms with Crippen LogP contribution in [0.5, 0.6) is 11.5 Å². The van der Waals surface area contributed by atoms with Gasteiger partial charge in [-0.25, -0.2) is 9.98 Å². The number of halogens is 1. The summed E-state index contributed by atoms with van der Waals surface area (Å²) in [5, 5.41) is 0.525. The molecule has 0 bridgehead atoms. The van der Waals surface area contributed by atoms with Crippen LogP contribution in [0, 0.1) is 5.95 Å². The highest BCUT2D eigenvalue weighted by Gasteiger charge is 2.44. The van der Waals surface area contributed by atoms with Crippen molar-refractivity contribution >= 4 is 22.5 Å². The molecule has 0 fully saturated rings. The summed E-state index contributed by atoms with van der Waals surface area (Å²) in [6.45, 7) is 1.25. The van der Waals surface area contributed by atoms with Crippen molar-refractivity contribution in [2.75, 3.05) is 19.0 Å². The number of hydrogen-bond acceptors (Lipinski definition) is 7. The Bertz CT molecular complexity index is 1330. The molecule has 0 amide bonds. The number of nitrogens with zero attached hydrogens (tertiary/aromatic N) is 3. The van der Waals surface area contributed by atoms with E-state index in [1.165, 1.54) is 6.20 Å². The SMILES string of the molecule is NC1=N[C@]2(CCS1)c1cc(-c3cccnc3F)ccc1Oc1cnc(C3=CCCOC3)cc12. The first-order valence-electron chi connectivity index (χ1n) is 10.8. The Balaban J connectivity index is 1.56. The van der Waals surface area contributed by atoms with Gasteiger partial charge in [-0.2, -0.15) is 4.39 Å². The van der Waals surface area contributed by atoms with Crippen molar-refractivity contribution in [1.29, 1.82) is 0 Å². The van der Waals surface area contributed by atoms with Gasteiger partial charge in [0.1, 0.15) is 11.3 Å². The number of fused-ring (bicyclic) bond motifs is 4. The van der Waals surface area contributed by atoms with Crippen molar-refractivity contribution in [2.45, 2.75) is 18.4 Å². The lowest BCUT2D eigenvalue weighted by atomic mass is 9.77. The van der Waals surface area contributed by atoms with Crippen LogP contribution in [-0.2, 0) is 10.3 Å². The van der Waals surface area contributed by atoms with Gasteiger partial charge in [0.15, 0.2) is 10.9 Å². The molecule has 1 spiro atoms. The minimum Gasteiger partial charge on any atom is -0.455 e. The lowest BCUT2D eigenvalue weighted by Crippen LogP contribution is -2.35. The van der Waals surface area contributed by atoms with Crippen molar-refractivity contribution in [1.82, 2.24) is 9.97 Å². The summed E-state index contributed by atoms with van der Waals surface area (Å²) in [5.41, 5.74) is 10.4. The van der Waals surface area contributed by atoms with Crippen molar-refractivity contribution in [3.63, 3.8) is 0 Å². The first-order valence-corrected chi connectivity index (χ1v) is 11.8. The second-order valence-electron chi connectivity index (χ2n) is 8.20. The molecule has 33 heavy (non-hydrogen) atoms. The number of benzene rings is 1. The van der Waals surface area contributed by atoms with E-state index in [2.05, 4.69) is 16.0 Å². The quantitative estimate of drug-likeness (QED) is 0.549.